The monoisotopic (exact) mass is 488 g/mol. The summed E-state index contributed by atoms with van der Waals surface area (Å²) in [6, 6.07) is 13.1. The zero-order valence-electron chi connectivity index (χ0n) is 19.0. The molecule has 3 N–H and O–H groups in total. The van der Waals surface area contributed by atoms with Gasteiger partial charge >= 0.3 is 12.1 Å². The van der Waals surface area contributed by atoms with E-state index in [1.54, 1.807) is 0 Å². The van der Waals surface area contributed by atoms with E-state index in [0.29, 0.717) is 0 Å². The summed E-state index contributed by atoms with van der Waals surface area (Å²) in [4.78, 5) is 36.3. The van der Waals surface area contributed by atoms with Crippen molar-refractivity contribution in [1.82, 2.24) is 10.6 Å². The van der Waals surface area contributed by atoms with Crippen molar-refractivity contribution in [2.45, 2.75) is 37.8 Å². The van der Waals surface area contributed by atoms with Gasteiger partial charge in [-0.15, -0.1) is 0 Å². The molecule has 10 heteroatoms. The fourth-order valence-corrected chi connectivity index (χ4v) is 4.60. The number of rotatable bonds is 8. The van der Waals surface area contributed by atoms with Crippen molar-refractivity contribution < 1.29 is 37.7 Å². The number of amides is 2. The van der Waals surface area contributed by atoms with Crippen LogP contribution in [0.4, 0.5) is 13.6 Å². The number of hydrogen-bond acceptors (Lipinski definition) is 5. The molecule has 35 heavy (non-hydrogen) atoms. The van der Waals surface area contributed by atoms with E-state index in [4.69, 9.17) is 14.6 Å². The number of ether oxygens (including phenoxy) is 2. The van der Waals surface area contributed by atoms with Crippen molar-refractivity contribution in [3.8, 4) is 11.1 Å². The lowest BCUT2D eigenvalue weighted by Crippen LogP contribution is -2.56. The Hall–Kier alpha value is -3.53. The van der Waals surface area contributed by atoms with Gasteiger partial charge in [0, 0.05) is 5.92 Å². The van der Waals surface area contributed by atoms with E-state index in [9.17, 15) is 23.2 Å². The number of carboxylic acids is 1. The fraction of sp³-hybridized carbons (Fsp3) is 0.400. The van der Waals surface area contributed by atoms with Gasteiger partial charge in [0.1, 0.15) is 12.6 Å². The highest BCUT2D eigenvalue weighted by atomic mass is 19.3. The van der Waals surface area contributed by atoms with Crippen LogP contribution in [0.2, 0.25) is 0 Å². The number of nitrogens with one attached hydrogen (secondary N) is 2. The van der Waals surface area contributed by atoms with Crippen LogP contribution < -0.4 is 10.6 Å². The molecule has 8 nitrogen and oxygen atoms in total. The third-order valence-corrected chi connectivity index (χ3v) is 6.63. The molecular formula is C25H26F2N2O6. The van der Waals surface area contributed by atoms with Crippen LogP contribution in [0.5, 0.6) is 0 Å². The van der Waals surface area contributed by atoms with Crippen LogP contribution in [0, 0.1) is 5.41 Å². The van der Waals surface area contributed by atoms with Gasteiger partial charge in [-0.3, -0.25) is 9.59 Å². The lowest BCUT2D eigenvalue weighted by atomic mass is 9.84. The minimum absolute atomic E-state index is 0.0214. The van der Waals surface area contributed by atoms with Crippen LogP contribution in [-0.4, -0.2) is 61.4 Å². The van der Waals surface area contributed by atoms with Gasteiger partial charge in [-0.25, -0.2) is 13.6 Å². The lowest BCUT2D eigenvalue weighted by Gasteiger charge is -2.30. The summed E-state index contributed by atoms with van der Waals surface area (Å²) >= 11 is 0. The van der Waals surface area contributed by atoms with E-state index >= 15 is 0 Å². The topological polar surface area (TPSA) is 114 Å². The summed E-state index contributed by atoms with van der Waals surface area (Å²) in [5.41, 5.74) is 2.88. The third kappa shape index (κ3) is 4.97. The van der Waals surface area contributed by atoms with Crippen molar-refractivity contribution in [2.75, 3.05) is 19.8 Å². The quantitative estimate of drug-likeness (QED) is 0.526. The molecule has 0 spiro atoms. The number of carbonyl (C=O) groups excluding carboxylic acids is 2. The molecule has 2 amide bonds. The summed E-state index contributed by atoms with van der Waals surface area (Å²) < 4.78 is 37.3. The molecule has 0 saturated carbocycles. The molecule has 1 heterocycles. The Balaban J connectivity index is 1.40. The normalized spacial score (nSPS) is 21.8. The number of carbonyl (C=O) groups is 3. The van der Waals surface area contributed by atoms with E-state index in [1.807, 2.05) is 48.5 Å². The van der Waals surface area contributed by atoms with Crippen LogP contribution in [0.3, 0.4) is 0 Å². The Morgan fingerprint density at radius 3 is 2.29 bits per heavy atom. The second kappa shape index (κ2) is 9.99. The van der Waals surface area contributed by atoms with Crippen molar-refractivity contribution >= 4 is 18.0 Å². The zero-order chi connectivity index (χ0) is 25.2. The SMILES string of the molecule is CC1(C(=O)NC(CC(=O)O)C(F)F)COCC1NC(=O)OCC1c2ccccc2-c2ccccc21. The van der Waals surface area contributed by atoms with Crippen molar-refractivity contribution in [2.24, 2.45) is 5.41 Å². The largest absolute Gasteiger partial charge is 0.481 e. The summed E-state index contributed by atoms with van der Waals surface area (Å²) in [5.74, 6) is -2.44. The zero-order valence-corrected chi connectivity index (χ0v) is 19.0. The number of alkyl carbamates (subject to hydrolysis) is 1. The van der Waals surface area contributed by atoms with Crippen molar-refractivity contribution in [3.63, 3.8) is 0 Å². The van der Waals surface area contributed by atoms with Crippen LogP contribution in [0.25, 0.3) is 11.1 Å². The predicted octanol–water partition coefficient (Wildman–Crippen LogP) is 3.15. The summed E-state index contributed by atoms with van der Waals surface area (Å²) in [5, 5.41) is 13.5. The standard InChI is InChI=1S/C25H26F2N2O6/c1-25(23(32)28-19(22(26)27)10-21(30)31)13-34-12-20(25)29-24(33)35-11-18-16-8-4-2-6-14(16)15-7-3-5-9-17(15)18/h2-9,18-20,22H,10-13H2,1H3,(H,28,32)(H,29,33)(H,30,31). The molecule has 2 aromatic carbocycles. The van der Waals surface area contributed by atoms with Crippen LogP contribution in [0.1, 0.15) is 30.4 Å². The summed E-state index contributed by atoms with van der Waals surface area (Å²) in [7, 11) is 0. The van der Waals surface area contributed by atoms with E-state index < -0.39 is 48.3 Å². The molecular weight excluding hydrogens is 462 g/mol. The van der Waals surface area contributed by atoms with Gasteiger partial charge in [0.2, 0.25) is 5.91 Å². The fourth-order valence-electron chi connectivity index (χ4n) is 4.60. The van der Waals surface area contributed by atoms with Gasteiger partial charge in [0.15, 0.2) is 0 Å². The highest BCUT2D eigenvalue weighted by Crippen LogP contribution is 2.44. The maximum absolute atomic E-state index is 13.2. The first-order valence-electron chi connectivity index (χ1n) is 11.2. The van der Waals surface area contributed by atoms with Gasteiger partial charge in [0.25, 0.3) is 6.43 Å². The maximum Gasteiger partial charge on any atom is 0.407 e. The second-order valence-electron chi connectivity index (χ2n) is 8.97. The number of aliphatic carboxylic acids is 1. The van der Waals surface area contributed by atoms with Gasteiger partial charge < -0.3 is 25.2 Å². The summed E-state index contributed by atoms with van der Waals surface area (Å²) in [6.07, 6.45) is -4.75. The average Bonchev–Trinajstić information content (AvgIpc) is 3.35. The van der Waals surface area contributed by atoms with Crippen LogP contribution in [0.15, 0.2) is 48.5 Å². The minimum Gasteiger partial charge on any atom is -0.481 e. The first kappa shape index (κ1) is 24.6. The van der Waals surface area contributed by atoms with Gasteiger partial charge in [-0.2, -0.15) is 0 Å². The number of carboxylic acid groups (broad SMARTS) is 1. The first-order valence-corrected chi connectivity index (χ1v) is 11.2. The van der Waals surface area contributed by atoms with Gasteiger partial charge in [0.05, 0.1) is 31.1 Å². The molecule has 1 aliphatic carbocycles. The van der Waals surface area contributed by atoms with E-state index in [1.165, 1.54) is 6.92 Å². The smallest absolute Gasteiger partial charge is 0.407 e. The molecule has 1 aliphatic heterocycles. The second-order valence-corrected chi connectivity index (χ2v) is 8.97. The molecule has 0 aromatic heterocycles. The molecule has 1 fully saturated rings. The number of benzene rings is 2. The maximum atomic E-state index is 13.2. The highest BCUT2D eigenvalue weighted by Gasteiger charge is 2.48. The Bertz CT molecular complexity index is 1080. The Labute approximate surface area is 200 Å². The summed E-state index contributed by atoms with van der Waals surface area (Å²) in [6.45, 7) is 1.39. The Morgan fingerprint density at radius 2 is 1.71 bits per heavy atom. The van der Waals surface area contributed by atoms with Crippen molar-refractivity contribution in [1.29, 1.82) is 0 Å². The first-order chi connectivity index (χ1) is 16.7. The number of hydrogen-bond donors (Lipinski definition) is 3. The van der Waals surface area contributed by atoms with E-state index in [2.05, 4.69) is 10.6 Å². The molecule has 3 unspecified atom stereocenters. The molecule has 0 bridgehead atoms. The molecule has 0 radical (unpaired) electrons. The number of halogens is 2. The van der Waals surface area contributed by atoms with Gasteiger partial charge in [-0.1, -0.05) is 48.5 Å². The molecule has 4 rings (SSSR count). The number of alkyl halides is 2. The Kier molecular flexibility index (Phi) is 7.02. The number of fused-ring (bicyclic) bond motifs is 3. The van der Waals surface area contributed by atoms with Crippen LogP contribution in [-0.2, 0) is 19.1 Å². The average molecular weight is 488 g/mol. The van der Waals surface area contributed by atoms with E-state index in [-0.39, 0.29) is 25.7 Å². The minimum atomic E-state index is -3.06. The third-order valence-electron chi connectivity index (χ3n) is 6.63. The van der Waals surface area contributed by atoms with Crippen molar-refractivity contribution in [3.05, 3.63) is 59.7 Å². The molecule has 3 atom stereocenters. The van der Waals surface area contributed by atoms with Crippen LogP contribution >= 0.6 is 0 Å². The Morgan fingerprint density at radius 1 is 1.11 bits per heavy atom. The van der Waals surface area contributed by atoms with E-state index in [0.717, 1.165) is 22.3 Å². The molecule has 2 aliphatic rings. The molecule has 186 valence electrons. The molecule has 2 aromatic rings. The molecule has 1 saturated heterocycles. The lowest BCUT2D eigenvalue weighted by molar-refractivity contribution is -0.140. The highest BCUT2D eigenvalue weighted by molar-refractivity contribution is 5.85. The predicted molar refractivity (Wildman–Crippen MR) is 121 cm³/mol. The van der Waals surface area contributed by atoms with Gasteiger partial charge in [-0.05, 0) is 29.2 Å².